The Hall–Kier alpha value is -0.0800. The molecule has 6 heteroatoms. The number of ether oxygens (including phenoxy) is 1. The first-order valence-corrected chi connectivity index (χ1v) is 10.1. The molecule has 0 unspecified atom stereocenters. The van der Waals surface area contributed by atoms with Crippen molar-refractivity contribution in [3.8, 4) is 0 Å². The normalized spacial score (nSPS) is 19.7. The molecule has 2 fully saturated rings. The van der Waals surface area contributed by atoms with Crippen LogP contribution < -0.4 is 5.32 Å². The Morgan fingerprint density at radius 2 is 1.92 bits per heavy atom. The molecule has 0 aromatic rings. The smallest absolute Gasteiger partial charge is 0.193 e. The van der Waals surface area contributed by atoms with Crippen LogP contribution in [0.2, 0.25) is 0 Å². The first-order chi connectivity index (χ1) is 11.8. The molecule has 0 aromatic heterocycles. The standard InChI is InChI=1S/C19H38N4O.HI/c1-3-20-19(21-11-4-5-12-23-13-6-7-14-23)22(2)15-8-18-9-16-24-17-10-18;/h18H,3-17H2,1-2H3,(H,20,21);1H. The number of hydrogen-bond donors (Lipinski definition) is 1. The van der Waals surface area contributed by atoms with Gasteiger partial charge < -0.3 is 19.9 Å². The second-order valence-electron chi connectivity index (χ2n) is 7.26. The molecule has 0 bridgehead atoms. The Bertz CT molecular complexity index is 355. The molecule has 0 atom stereocenters. The summed E-state index contributed by atoms with van der Waals surface area (Å²) in [6.07, 6.45) is 8.93. The average Bonchev–Trinajstić information content (AvgIpc) is 3.13. The monoisotopic (exact) mass is 466 g/mol. The predicted molar refractivity (Wildman–Crippen MR) is 117 cm³/mol. The molecule has 25 heavy (non-hydrogen) atoms. The summed E-state index contributed by atoms with van der Waals surface area (Å²) in [5.41, 5.74) is 0. The van der Waals surface area contributed by atoms with Gasteiger partial charge in [-0.25, -0.2) is 0 Å². The maximum absolute atomic E-state index is 5.45. The fraction of sp³-hybridized carbons (Fsp3) is 0.947. The molecule has 2 saturated heterocycles. The van der Waals surface area contributed by atoms with Crippen LogP contribution in [0.1, 0.15) is 51.9 Å². The summed E-state index contributed by atoms with van der Waals surface area (Å²) < 4.78 is 5.45. The number of nitrogens with zero attached hydrogens (tertiary/aromatic N) is 3. The van der Waals surface area contributed by atoms with E-state index in [1.807, 2.05) is 0 Å². The number of nitrogens with one attached hydrogen (secondary N) is 1. The summed E-state index contributed by atoms with van der Waals surface area (Å²) in [6, 6.07) is 0. The largest absolute Gasteiger partial charge is 0.381 e. The van der Waals surface area contributed by atoms with Gasteiger partial charge in [0.2, 0.25) is 0 Å². The van der Waals surface area contributed by atoms with Gasteiger partial charge in [-0.15, -0.1) is 24.0 Å². The molecule has 0 amide bonds. The third kappa shape index (κ3) is 9.43. The van der Waals surface area contributed by atoms with Crippen LogP contribution in [0.5, 0.6) is 0 Å². The Kier molecular flexibility index (Phi) is 12.9. The van der Waals surface area contributed by atoms with Gasteiger partial charge in [-0.3, -0.25) is 4.99 Å². The highest BCUT2D eigenvalue weighted by Gasteiger charge is 2.15. The van der Waals surface area contributed by atoms with Crippen LogP contribution in [-0.2, 0) is 4.74 Å². The zero-order valence-corrected chi connectivity index (χ0v) is 18.7. The van der Waals surface area contributed by atoms with E-state index < -0.39 is 0 Å². The summed E-state index contributed by atoms with van der Waals surface area (Å²) in [4.78, 5) is 9.73. The Balaban J connectivity index is 0.00000312. The van der Waals surface area contributed by atoms with Crippen LogP contribution in [0.4, 0.5) is 0 Å². The molecule has 5 nitrogen and oxygen atoms in total. The SMILES string of the molecule is CCNC(=NCCCCN1CCCC1)N(C)CCC1CCOCC1.I. The number of hydrogen-bond acceptors (Lipinski definition) is 3. The van der Waals surface area contributed by atoms with Gasteiger partial charge in [-0.1, -0.05) is 0 Å². The summed E-state index contributed by atoms with van der Waals surface area (Å²) in [6.45, 7) is 10.9. The van der Waals surface area contributed by atoms with E-state index in [1.54, 1.807) is 0 Å². The second kappa shape index (κ2) is 14.0. The molecule has 2 heterocycles. The maximum Gasteiger partial charge on any atom is 0.193 e. The lowest BCUT2D eigenvalue weighted by Crippen LogP contribution is -2.40. The quantitative estimate of drug-likeness (QED) is 0.245. The Labute approximate surface area is 172 Å². The van der Waals surface area contributed by atoms with Gasteiger partial charge in [0, 0.05) is 39.9 Å². The van der Waals surface area contributed by atoms with Crippen LogP contribution in [0.25, 0.3) is 0 Å². The highest BCUT2D eigenvalue weighted by atomic mass is 127. The molecule has 1 N–H and O–H groups in total. The van der Waals surface area contributed by atoms with Gasteiger partial charge in [0.05, 0.1) is 0 Å². The van der Waals surface area contributed by atoms with Crippen molar-refractivity contribution in [2.24, 2.45) is 10.9 Å². The predicted octanol–water partition coefficient (Wildman–Crippen LogP) is 3.19. The molecule has 2 aliphatic heterocycles. The van der Waals surface area contributed by atoms with Crippen LogP contribution in [-0.4, -0.2) is 75.3 Å². The van der Waals surface area contributed by atoms with Crippen LogP contribution in [0.3, 0.4) is 0 Å². The minimum absolute atomic E-state index is 0. The zero-order chi connectivity index (χ0) is 17.0. The molecule has 2 rings (SSSR count). The molecular weight excluding hydrogens is 427 g/mol. The van der Waals surface area contributed by atoms with E-state index in [1.165, 1.54) is 64.6 Å². The van der Waals surface area contributed by atoms with Gasteiger partial charge >= 0.3 is 0 Å². The summed E-state index contributed by atoms with van der Waals surface area (Å²) >= 11 is 0. The summed E-state index contributed by atoms with van der Waals surface area (Å²) in [5, 5.41) is 3.44. The molecule has 0 aromatic carbocycles. The van der Waals surface area contributed by atoms with Crippen molar-refractivity contribution >= 4 is 29.9 Å². The van der Waals surface area contributed by atoms with Gasteiger partial charge in [0.15, 0.2) is 5.96 Å². The van der Waals surface area contributed by atoms with E-state index in [4.69, 9.17) is 9.73 Å². The van der Waals surface area contributed by atoms with E-state index in [2.05, 4.69) is 29.1 Å². The van der Waals surface area contributed by atoms with E-state index in [9.17, 15) is 0 Å². The third-order valence-electron chi connectivity index (χ3n) is 5.25. The van der Waals surface area contributed by atoms with Crippen LogP contribution >= 0.6 is 24.0 Å². The topological polar surface area (TPSA) is 40.1 Å². The molecule has 0 radical (unpaired) electrons. The van der Waals surface area contributed by atoms with Gasteiger partial charge in [-0.2, -0.15) is 0 Å². The summed E-state index contributed by atoms with van der Waals surface area (Å²) in [5.74, 6) is 1.90. The number of aliphatic imine (C=N–C) groups is 1. The minimum Gasteiger partial charge on any atom is -0.381 e. The first-order valence-electron chi connectivity index (χ1n) is 10.1. The third-order valence-corrected chi connectivity index (χ3v) is 5.25. The van der Waals surface area contributed by atoms with E-state index >= 15 is 0 Å². The Morgan fingerprint density at radius 3 is 2.60 bits per heavy atom. The van der Waals surface area contributed by atoms with Gasteiger partial charge in [0.25, 0.3) is 0 Å². The first kappa shape index (κ1) is 23.0. The zero-order valence-electron chi connectivity index (χ0n) is 16.3. The maximum atomic E-state index is 5.45. The highest BCUT2D eigenvalue weighted by Crippen LogP contribution is 2.18. The van der Waals surface area contributed by atoms with E-state index in [0.717, 1.165) is 44.7 Å². The van der Waals surface area contributed by atoms with Crippen molar-refractivity contribution < 1.29 is 4.74 Å². The molecule has 0 spiro atoms. The molecular formula is C19H39IN4O. The fourth-order valence-electron chi connectivity index (χ4n) is 3.63. The molecule has 2 aliphatic rings. The number of rotatable bonds is 9. The number of guanidine groups is 1. The van der Waals surface area contributed by atoms with E-state index in [0.29, 0.717) is 0 Å². The van der Waals surface area contributed by atoms with Crippen LogP contribution in [0.15, 0.2) is 4.99 Å². The lowest BCUT2D eigenvalue weighted by molar-refractivity contribution is 0.0625. The van der Waals surface area contributed by atoms with Crippen molar-refractivity contribution in [2.45, 2.75) is 51.9 Å². The van der Waals surface area contributed by atoms with Crippen molar-refractivity contribution in [1.29, 1.82) is 0 Å². The number of likely N-dealkylation sites (tertiary alicyclic amines) is 1. The van der Waals surface area contributed by atoms with Crippen molar-refractivity contribution in [3.63, 3.8) is 0 Å². The van der Waals surface area contributed by atoms with Gasteiger partial charge in [-0.05, 0) is 77.4 Å². The second-order valence-corrected chi connectivity index (χ2v) is 7.26. The molecule has 0 saturated carbocycles. The Morgan fingerprint density at radius 1 is 1.20 bits per heavy atom. The number of halogens is 1. The average molecular weight is 466 g/mol. The van der Waals surface area contributed by atoms with Crippen LogP contribution in [0, 0.1) is 5.92 Å². The van der Waals surface area contributed by atoms with Crippen molar-refractivity contribution in [2.75, 3.05) is 59.5 Å². The van der Waals surface area contributed by atoms with Gasteiger partial charge in [0.1, 0.15) is 0 Å². The van der Waals surface area contributed by atoms with Crippen molar-refractivity contribution in [1.82, 2.24) is 15.1 Å². The highest BCUT2D eigenvalue weighted by molar-refractivity contribution is 14.0. The minimum atomic E-state index is 0. The lowest BCUT2D eigenvalue weighted by Gasteiger charge is -2.26. The molecule has 0 aliphatic carbocycles. The van der Waals surface area contributed by atoms with Crippen molar-refractivity contribution in [3.05, 3.63) is 0 Å². The number of unbranched alkanes of at least 4 members (excludes halogenated alkanes) is 1. The molecule has 148 valence electrons. The fourth-order valence-corrected chi connectivity index (χ4v) is 3.63. The van der Waals surface area contributed by atoms with E-state index in [-0.39, 0.29) is 24.0 Å². The lowest BCUT2D eigenvalue weighted by atomic mass is 9.96. The summed E-state index contributed by atoms with van der Waals surface area (Å²) in [7, 11) is 2.17.